The predicted molar refractivity (Wildman–Crippen MR) is 76.8 cm³/mol. The van der Waals surface area contributed by atoms with Crippen LogP contribution >= 0.6 is 0 Å². The van der Waals surface area contributed by atoms with E-state index in [0.29, 0.717) is 0 Å². The van der Waals surface area contributed by atoms with E-state index in [1.807, 2.05) is 11.0 Å². The molecule has 19 heavy (non-hydrogen) atoms. The van der Waals surface area contributed by atoms with Gasteiger partial charge in [0.1, 0.15) is 6.33 Å². The molecule has 0 atom stereocenters. The van der Waals surface area contributed by atoms with Crippen molar-refractivity contribution in [3.8, 4) is 0 Å². The summed E-state index contributed by atoms with van der Waals surface area (Å²) >= 11 is 0. The van der Waals surface area contributed by atoms with E-state index in [1.54, 1.807) is 0 Å². The molecule has 0 bridgehead atoms. The normalized spacial score (nSPS) is 10.8. The Labute approximate surface area is 114 Å². The largest absolute Gasteiger partial charge is 0.310 e. The van der Waals surface area contributed by atoms with Gasteiger partial charge in [0, 0.05) is 6.54 Å². The molecule has 2 rings (SSSR count). The molecule has 2 aromatic rings. The third-order valence-corrected chi connectivity index (χ3v) is 2.99. The second kappa shape index (κ2) is 7.69. The zero-order valence-electron chi connectivity index (χ0n) is 11.5. The molecule has 102 valence electrons. The zero-order chi connectivity index (χ0) is 13.3. The maximum absolute atomic E-state index is 4.46. The highest BCUT2D eigenvalue weighted by Crippen LogP contribution is 2.03. The first kappa shape index (κ1) is 13.7. The first-order valence-electron chi connectivity index (χ1n) is 7.01. The number of hydrogen-bond acceptors (Lipinski definition) is 3. The van der Waals surface area contributed by atoms with Gasteiger partial charge < -0.3 is 5.32 Å². The first-order valence-corrected chi connectivity index (χ1v) is 7.01. The molecule has 0 aliphatic carbocycles. The molecule has 0 saturated carbocycles. The number of nitrogens with zero attached hydrogens (tertiary/aromatic N) is 3. The van der Waals surface area contributed by atoms with E-state index in [-0.39, 0.29) is 0 Å². The van der Waals surface area contributed by atoms with E-state index in [2.05, 4.69) is 52.7 Å². The molecule has 1 aromatic carbocycles. The van der Waals surface area contributed by atoms with Gasteiger partial charge >= 0.3 is 0 Å². The summed E-state index contributed by atoms with van der Waals surface area (Å²) in [5.41, 5.74) is 1.38. The molecule has 4 nitrogen and oxygen atoms in total. The molecule has 0 saturated heterocycles. The molecule has 0 aliphatic heterocycles. The molecular weight excluding hydrogens is 236 g/mol. The van der Waals surface area contributed by atoms with Crippen molar-refractivity contribution in [2.24, 2.45) is 0 Å². The topological polar surface area (TPSA) is 42.7 Å². The average molecular weight is 258 g/mol. The monoisotopic (exact) mass is 258 g/mol. The predicted octanol–water partition coefficient (Wildman–Crippen LogP) is 2.41. The third kappa shape index (κ3) is 4.83. The molecular formula is C15H22N4. The van der Waals surface area contributed by atoms with Gasteiger partial charge in [-0.3, -0.25) is 4.68 Å². The number of hydrogen-bond donors (Lipinski definition) is 1. The Morgan fingerprint density at radius 3 is 2.84 bits per heavy atom. The maximum atomic E-state index is 4.46. The highest BCUT2D eigenvalue weighted by molar-refractivity contribution is 5.14. The Balaban J connectivity index is 1.71. The van der Waals surface area contributed by atoms with E-state index in [0.717, 1.165) is 44.7 Å². The van der Waals surface area contributed by atoms with Crippen LogP contribution in [-0.4, -0.2) is 21.3 Å². The molecule has 0 amide bonds. The van der Waals surface area contributed by atoms with Crippen LogP contribution in [0.25, 0.3) is 0 Å². The van der Waals surface area contributed by atoms with Crippen LogP contribution in [0.15, 0.2) is 36.7 Å². The fourth-order valence-corrected chi connectivity index (χ4v) is 1.99. The van der Waals surface area contributed by atoms with E-state index >= 15 is 0 Å². The molecule has 0 radical (unpaired) electrons. The lowest BCUT2D eigenvalue weighted by Gasteiger charge is -2.01. The zero-order valence-corrected chi connectivity index (χ0v) is 11.5. The summed E-state index contributed by atoms with van der Waals surface area (Å²) in [7, 11) is 0. The van der Waals surface area contributed by atoms with Crippen molar-refractivity contribution in [3.63, 3.8) is 0 Å². The van der Waals surface area contributed by atoms with Crippen molar-refractivity contribution >= 4 is 0 Å². The van der Waals surface area contributed by atoms with Crippen molar-refractivity contribution in [2.75, 3.05) is 6.54 Å². The molecule has 1 heterocycles. The standard InChI is InChI=1S/C15H22N4/c1-2-10-16-12-15-17-13-19(18-15)11-6-9-14-7-4-3-5-8-14/h3-5,7-8,13,16H,2,6,9-12H2,1H3. The van der Waals surface area contributed by atoms with Crippen LogP contribution in [0, 0.1) is 0 Å². The number of aryl methyl sites for hydroxylation is 2. The van der Waals surface area contributed by atoms with E-state index in [1.165, 1.54) is 5.56 Å². The Kier molecular flexibility index (Phi) is 5.56. The molecule has 4 heteroatoms. The lowest BCUT2D eigenvalue weighted by Crippen LogP contribution is -2.15. The summed E-state index contributed by atoms with van der Waals surface area (Å²) in [6, 6.07) is 10.6. The average Bonchev–Trinajstić information content (AvgIpc) is 2.88. The fraction of sp³-hybridized carbons (Fsp3) is 0.467. The summed E-state index contributed by atoms with van der Waals surface area (Å²) in [5.74, 6) is 0.883. The van der Waals surface area contributed by atoms with Crippen LogP contribution in [-0.2, 0) is 19.5 Å². The van der Waals surface area contributed by atoms with Gasteiger partial charge in [-0.05, 0) is 31.4 Å². The van der Waals surface area contributed by atoms with Crippen molar-refractivity contribution in [1.29, 1.82) is 0 Å². The Bertz CT molecular complexity index is 464. The Hall–Kier alpha value is -1.68. The Morgan fingerprint density at radius 1 is 1.21 bits per heavy atom. The molecule has 0 unspecified atom stereocenters. The van der Waals surface area contributed by atoms with Crippen molar-refractivity contribution in [1.82, 2.24) is 20.1 Å². The van der Waals surface area contributed by atoms with Gasteiger partial charge in [-0.25, -0.2) is 4.98 Å². The smallest absolute Gasteiger partial charge is 0.164 e. The second-order valence-electron chi connectivity index (χ2n) is 4.69. The molecule has 1 aromatic heterocycles. The van der Waals surface area contributed by atoms with Gasteiger partial charge in [0.05, 0.1) is 6.54 Å². The van der Waals surface area contributed by atoms with E-state index in [9.17, 15) is 0 Å². The highest BCUT2D eigenvalue weighted by Gasteiger charge is 2.00. The maximum Gasteiger partial charge on any atom is 0.164 e. The summed E-state index contributed by atoms with van der Waals surface area (Å²) in [4.78, 5) is 4.30. The SMILES string of the molecule is CCCNCc1ncn(CCCc2ccccc2)n1. The van der Waals surface area contributed by atoms with Crippen LogP contribution in [0.3, 0.4) is 0 Å². The van der Waals surface area contributed by atoms with Gasteiger partial charge in [0.2, 0.25) is 0 Å². The molecule has 0 aliphatic rings. The fourth-order valence-electron chi connectivity index (χ4n) is 1.99. The lowest BCUT2D eigenvalue weighted by molar-refractivity contribution is 0.563. The van der Waals surface area contributed by atoms with Gasteiger partial charge in [0.25, 0.3) is 0 Å². The van der Waals surface area contributed by atoms with Gasteiger partial charge in [-0.1, -0.05) is 37.3 Å². The molecule has 0 spiro atoms. The first-order chi connectivity index (χ1) is 9.38. The number of aromatic nitrogens is 3. The second-order valence-corrected chi connectivity index (χ2v) is 4.69. The van der Waals surface area contributed by atoms with E-state index < -0.39 is 0 Å². The summed E-state index contributed by atoms with van der Waals surface area (Å²) in [5, 5.41) is 7.76. The third-order valence-electron chi connectivity index (χ3n) is 2.99. The Morgan fingerprint density at radius 2 is 2.05 bits per heavy atom. The van der Waals surface area contributed by atoms with Gasteiger partial charge in [-0.15, -0.1) is 0 Å². The van der Waals surface area contributed by atoms with Crippen LogP contribution < -0.4 is 5.32 Å². The van der Waals surface area contributed by atoms with Gasteiger partial charge in [0.15, 0.2) is 5.82 Å². The minimum atomic E-state index is 0.763. The molecule has 1 N–H and O–H groups in total. The number of nitrogens with one attached hydrogen (secondary N) is 1. The van der Waals surface area contributed by atoms with Crippen LogP contribution in [0.2, 0.25) is 0 Å². The van der Waals surface area contributed by atoms with Crippen molar-refractivity contribution in [2.45, 2.75) is 39.3 Å². The van der Waals surface area contributed by atoms with Crippen LogP contribution in [0.5, 0.6) is 0 Å². The lowest BCUT2D eigenvalue weighted by atomic mass is 10.1. The number of rotatable bonds is 8. The van der Waals surface area contributed by atoms with Crippen molar-refractivity contribution < 1.29 is 0 Å². The van der Waals surface area contributed by atoms with Gasteiger partial charge in [-0.2, -0.15) is 5.10 Å². The van der Waals surface area contributed by atoms with E-state index in [4.69, 9.17) is 0 Å². The summed E-state index contributed by atoms with van der Waals surface area (Å²) in [6.07, 6.45) is 5.14. The quantitative estimate of drug-likeness (QED) is 0.739. The number of benzene rings is 1. The summed E-state index contributed by atoms with van der Waals surface area (Å²) < 4.78 is 1.94. The van der Waals surface area contributed by atoms with Crippen LogP contribution in [0.1, 0.15) is 31.2 Å². The molecule has 0 fully saturated rings. The highest BCUT2D eigenvalue weighted by atomic mass is 15.3. The minimum absolute atomic E-state index is 0.763. The van der Waals surface area contributed by atoms with Crippen LogP contribution in [0.4, 0.5) is 0 Å². The van der Waals surface area contributed by atoms with Crippen molar-refractivity contribution in [3.05, 3.63) is 48.0 Å². The minimum Gasteiger partial charge on any atom is -0.310 e. The summed E-state index contributed by atoms with van der Waals surface area (Å²) in [6.45, 7) is 4.86.